The molecule has 12 rings (SSSR count). The van der Waals surface area contributed by atoms with Crippen molar-refractivity contribution in [2.75, 3.05) is 109 Å². The molecule has 4 fully saturated rings. The number of rotatable bonds is 18. The second kappa shape index (κ2) is 32.7. The summed E-state index contributed by atoms with van der Waals surface area (Å²) in [6.45, 7) is -19.5. The van der Waals surface area contributed by atoms with Gasteiger partial charge >= 0.3 is 0 Å². The lowest BCUT2D eigenvalue weighted by Crippen LogP contribution is -2.46. The van der Waals surface area contributed by atoms with Crippen molar-refractivity contribution in [2.24, 2.45) is 47.2 Å². The monoisotopic (exact) mass is 1340 g/mol. The van der Waals surface area contributed by atoms with Gasteiger partial charge in [0.15, 0.2) is 46.0 Å². The van der Waals surface area contributed by atoms with Crippen molar-refractivity contribution in [1.82, 2.24) is 19.6 Å². The summed E-state index contributed by atoms with van der Waals surface area (Å²) in [4.78, 5) is 55.7. The Labute approximate surface area is 625 Å². The van der Waals surface area contributed by atoms with Gasteiger partial charge in [0.1, 0.15) is 23.1 Å². The fourth-order valence-corrected chi connectivity index (χ4v) is 11.3. The van der Waals surface area contributed by atoms with Gasteiger partial charge in [-0.15, -0.1) is 0 Å². The van der Waals surface area contributed by atoms with Gasteiger partial charge in [-0.2, -0.15) is 0 Å². The molecule has 4 saturated heterocycles. The van der Waals surface area contributed by atoms with E-state index in [2.05, 4.69) is 18.7 Å². The van der Waals surface area contributed by atoms with Gasteiger partial charge in [0.25, 0.3) is 0 Å². The number of ether oxygens (including phenoxy) is 8. The smallest absolute Gasteiger partial charge is 0.161 e. The number of benzene rings is 4. The minimum atomic E-state index is -4.49. The highest BCUT2D eigenvalue weighted by molar-refractivity contribution is 5.85. The van der Waals surface area contributed by atoms with Crippen LogP contribution in [0.3, 0.4) is 0 Å². The number of carbonyl (C=O) groups excluding carboxylic acids is 4. The lowest BCUT2D eigenvalue weighted by molar-refractivity contribution is -0.130. The Morgan fingerprint density at radius 2 is 0.926 bits per heavy atom. The minimum Gasteiger partial charge on any atom is -0.493 e. The van der Waals surface area contributed by atoms with E-state index >= 15 is 0 Å². The Morgan fingerprint density at radius 3 is 1.39 bits per heavy atom. The molecule has 4 aromatic rings. The Kier molecular flexibility index (Phi) is 11.6. The summed E-state index contributed by atoms with van der Waals surface area (Å²) in [7, 11) is 10.2. The number of methoxy groups -OCH3 is 8. The summed E-state index contributed by atoms with van der Waals surface area (Å²) in [6, 6.07) is -2.91. The van der Waals surface area contributed by atoms with E-state index in [0.717, 1.165) is 81.3 Å². The van der Waals surface area contributed by atoms with Gasteiger partial charge in [-0.1, -0.05) is 68.0 Å². The van der Waals surface area contributed by atoms with Gasteiger partial charge in [-0.25, -0.2) is 0 Å². The standard InChI is InChI=1S/2C20H29NO3.2C19H27NO3/c2*1-5-13(2)8-15-12-21-7-6-14-9-19(23-3)20(24-4)10-16(14)17(21)11-18(15)22;2*1-12(2)7-14-11-20-6-5-13-8-18(22-3)19(23-4)9-15(13)16(20)10-17(14)21/h2*9-10,13,15,17H,5-8,11-12H2,1-4H3;2*8-9,12,14,16H,5-7,10-11H2,1-4H3/i2D3,5D2,6D2,7D2,8D2,11D2,12D2,13D,15D,17D;2D3,5D2,6D2,7D2,8D2,12D2,13D,17D;5D2,6D2,10D2,11D2,14D,16D;8D,9D. The molecule has 0 spiro atoms. The molecule has 94 heavy (non-hydrogen) atoms. The van der Waals surface area contributed by atoms with Crippen molar-refractivity contribution in [3.8, 4) is 46.0 Å². The van der Waals surface area contributed by atoms with Crippen LogP contribution in [0.2, 0.25) is 0 Å². The molecule has 4 aromatic carbocycles. The van der Waals surface area contributed by atoms with E-state index in [9.17, 15) is 21.9 Å². The van der Waals surface area contributed by atoms with Crippen molar-refractivity contribution >= 4 is 23.1 Å². The largest absolute Gasteiger partial charge is 0.493 e. The van der Waals surface area contributed by atoms with Crippen LogP contribution in [-0.2, 0) is 44.7 Å². The molecule has 16 nitrogen and oxygen atoms in total. The molecule has 8 aliphatic heterocycles. The van der Waals surface area contributed by atoms with E-state index in [1.54, 1.807) is 13.8 Å². The average Bonchev–Trinajstić information content (AvgIpc) is 0.642. The number of fused-ring (bicyclic) bond motifs is 12. The summed E-state index contributed by atoms with van der Waals surface area (Å²) in [6.07, 6.45) is -31.3. The number of hydrogen-bond donors (Lipinski definition) is 0. The SMILES string of the molecule is [2H]C([2H])([2H])C([2H])(C([2H])([2H])C)C([2H])([2H])C1([2H])C(=O)C([2H])([2H])C2([2H])c3cc(OC)c(OC)cc3C([2H])([2H])C([2H])([2H])N2C1([2H])[2H].[2H]C1([2H])C(=O)C([2H])(CC(C)C)C([2H])([2H])N2C([2H])([2H])C([2H])([2H])c3cc(OC)c(OC)cc3C21[2H].[2H]C12CC(=O)C(C([2H])([2H])C([2H])(C([2H])([2H])[2H])C([2H])([2H])C)C([2H])([2H])N1C([2H])([2H])C([2H])([2H])c1cc(OC)c(OC)cc12.[2H]c1c2c(c([2H])c(OC)c1OC)C1CC(=O)C(CC(C)C)CN1CC2. The molecule has 8 heterocycles. The van der Waals surface area contributed by atoms with Gasteiger partial charge in [-0.3, -0.25) is 38.8 Å². The zero-order chi connectivity index (χ0) is 108. The molecule has 0 bridgehead atoms. The van der Waals surface area contributed by atoms with E-state index in [1.807, 2.05) is 0 Å². The van der Waals surface area contributed by atoms with E-state index in [0.29, 0.717) is 50.1 Å². The van der Waals surface area contributed by atoms with Crippen LogP contribution in [0.25, 0.3) is 0 Å². The highest BCUT2D eigenvalue weighted by Gasteiger charge is 2.43. The van der Waals surface area contributed by atoms with Gasteiger partial charge < -0.3 is 37.9 Å². The first-order valence-electron chi connectivity index (χ1n) is 52.6. The molecule has 10 atom stereocenters. The van der Waals surface area contributed by atoms with Gasteiger partial charge in [0, 0.05) is 180 Å². The normalized spacial score (nSPS) is 43.0. The summed E-state index contributed by atoms with van der Waals surface area (Å²) in [5.41, 5.74) is -1.74. The second-order valence-corrected chi connectivity index (χ2v) is 22.9. The fourth-order valence-electron chi connectivity index (χ4n) is 11.3. The predicted octanol–water partition coefficient (Wildman–Crippen LogP) is 13.7. The van der Waals surface area contributed by atoms with Gasteiger partial charge in [-0.05, 0) is 168 Å². The van der Waals surface area contributed by atoms with E-state index in [-0.39, 0.29) is 73.6 Å². The topological polar surface area (TPSA) is 155 Å². The van der Waals surface area contributed by atoms with Gasteiger partial charge in [0.2, 0.25) is 0 Å². The predicted molar refractivity (Wildman–Crippen MR) is 370 cm³/mol. The molecule has 0 radical (unpaired) electrons. The second-order valence-electron chi connectivity index (χ2n) is 22.9. The molecule has 8 aliphatic rings. The third-order valence-electron chi connectivity index (χ3n) is 16.0. The van der Waals surface area contributed by atoms with Crippen LogP contribution in [-0.4, -0.2) is 152 Å². The Bertz CT molecular complexity index is 5440. The van der Waals surface area contributed by atoms with Crippen LogP contribution < -0.4 is 37.9 Å². The Morgan fingerprint density at radius 1 is 0.500 bits per heavy atom. The molecule has 0 N–H and O–H groups in total. The number of aryl methyl sites for hydroxylation is 3. The highest BCUT2D eigenvalue weighted by Crippen LogP contribution is 2.48. The van der Waals surface area contributed by atoms with Gasteiger partial charge in [0.05, 0.1) is 63.7 Å². The summed E-state index contributed by atoms with van der Waals surface area (Å²) in [5.74, 6) is -22.9. The summed E-state index contributed by atoms with van der Waals surface area (Å²) in [5, 5.41) is 0. The van der Waals surface area contributed by atoms with Crippen LogP contribution in [0.4, 0.5) is 0 Å². The molecule has 0 aromatic heterocycles. The van der Waals surface area contributed by atoms with Crippen molar-refractivity contribution < 1.29 is 119 Å². The number of piperidine rings is 4. The molecule has 0 saturated carbocycles. The van der Waals surface area contributed by atoms with Crippen LogP contribution in [0.15, 0.2) is 48.5 Å². The summed E-state index contributed by atoms with van der Waals surface area (Å²) >= 11 is 0. The molecule has 0 amide bonds. The van der Waals surface area contributed by atoms with Crippen molar-refractivity contribution in [2.45, 2.75) is 169 Å². The lowest BCUT2D eigenvalue weighted by atomic mass is 9.79. The first-order chi connectivity index (χ1) is 62.3. The van der Waals surface area contributed by atoms with E-state index < -0.39 is 226 Å². The van der Waals surface area contributed by atoms with Crippen molar-refractivity contribution in [3.63, 3.8) is 0 Å². The maximum atomic E-state index is 14.0. The number of hydrogen-bond acceptors (Lipinski definition) is 16. The molecule has 516 valence electrons. The van der Waals surface area contributed by atoms with Crippen LogP contribution in [0.1, 0.15) is 249 Å². The maximum Gasteiger partial charge on any atom is 0.161 e. The maximum absolute atomic E-state index is 14.0. The number of Topliss-reactive ketones (excluding diaryl/α,β-unsaturated/α-hetero) is 4. The molecule has 16 heteroatoms. The van der Waals surface area contributed by atoms with Crippen LogP contribution in [0.5, 0.6) is 46.0 Å². The Balaban J connectivity index is 0.000000210. The van der Waals surface area contributed by atoms with E-state index in [4.69, 9.17) is 96.8 Å². The zero-order valence-corrected chi connectivity index (χ0v) is 55.0. The highest BCUT2D eigenvalue weighted by atomic mass is 16.5. The first kappa shape index (κ1) is 33.4. The summed E-state index contributed by atoms with van der Waals surface area (Å²) < 4.78 is 425. The zero-order valence-electron chi connectivity index (χ0n) is 100.0. The van der Waals surface area contributed by atoms with Crippen LogP contribution >= 0.6 is 0 Å². The molecule has 0 aliphatic carbocycles. The number of ketones is 4. The molecular formula is C78H112N4O12. The van der Waals surface area contributed by atoms with Crippen LogP contribution in [0, 0.1) is 47.2 Å². The Hall–Kier alpha value is -6.20. The van der Waals surface area contributed by atoms with E-state index in [1.165, 1.54) is 42.7 Å². The third-order valence-corrected chi connectivity index (χ3v) is 16.0. The van der Waals surface area contributed by atoms with Crippen molar-refractivity contribution in [3.05, 3.63) is 93.0 Å². The minimum absolute atomic E-state index is 0.00618. The molecule has 10 unspecified atom stereocenters. The number of nitrogens with zero attached hydrogens (tertiary/aromatic N) is 4. The first-order valence-corrected chi connectivity index (χ1v) is 30.1. The molecular weight excluding hydrogens is 1180 g/mol. The fraction of sp³-hybridized carbons (Fsp3) is 0.641. The van der Waals surface area contributed by atoms with Crippen molar-refractivity contribution in [1.29, 1.82) is 0 Å². The quantitative estimate of drug-likeness (QED) is 0.0926. The third kappa shape index (κ3) is 16.4. The lowest BCUT2D eigenvalue weighted by Gasteiger charge is -2.43. The average molecular weight is 1340 g/mol. The number of carbonyl (C=O) groups is 4.